The van der Waals surface area contributed by atoms with E-state index in [0.29, 0.717) is 19.4 Å². The Balaban J connectivity index is 3.71. The van der Waals surface area contributed by atoms with Crippen molar-refractivity contribution in [3.05, 3.63) is 0 Å². The summed E-state index contributed by atoms with van der Waals surface area (Å²) in [5.41, 5.74) is 6.03. The molecule has 0 aromatic carbocycles. The monoisotopic (exact) mass is 230 g/mol. The highest BCUT2D eigenvalue weighted by atomic mass is 16.3. The zero-order chi connectivity index (χ0) is 12.8. The number of aliphatic hydroxyl groups is 1. The molecule has 4 heteroatoms. The van der Waals surface area contributed by atoms with Gasteiger partial charge in [-0.2, -0.15) is 0 Å². The number of aliphatic hydroxyl groups excluding tert-OH is 1. The van der Waals surface area contributed by atoms with Gasteiger partial charge in [-0.3, -0.25) is 4.79 Å². The third kappa shape index (κ3) is 9.93. The highest BCUT2D eigenvalue weighted by molar-refractivity contribution is 5.76. The van der Waals surface area contributed by atoms with Crippen LogP contribution in [0.1, 0.15) is 47.0 Å². The lowest BCUT2D eigenvalue weighted by atomic mass is 9.87. The minimum absolute atomic E-state index is 0.0302. The third-order valence-corrected chi connectivity index (χ3v) is 2.21. The number of carbonyl (C=O) groups excluding carboxylic acids is 1. The van der Waals surface area contributed by atoms with Crippen molar-refractivity contribution in [2.75, 3.05) is 6.54 Å². The van der Waals surface area contributed by atoms with E-state index in [1.807, 2.05) is 0 Å². The van der Waals surface area contributed by atoms with Crippen molar-refractivity contribution in [1.29, 1.82) is 0 Å². The van der Waals surface area contributed by atoms with E-state index in [0.717, 1.165) is 6.42 Å². The smallest absolute Gasteiger partial charge is 0.221 e. The van der Waals surface area contributed by atoms with Gasteiger partial charge in [0, 0.05) is 19.0 Å². The first kappa shape index (κ1) is 15.4. The zero-order valence-electron chi connectivity index (χ0n) is 10.9. The molecule has 0 aliphatic rings. The number of nitrogens with one attached hydrogen (secondary N) is 1. The lowest BCUT2D eigenvalue weighted by molar-refractivity contribution is -0.121. The van der Waals surface area contributed by atoms with Crippen LogP contribution in [0.25, 0.3) is 0 Å². The maximum absolute atomic E-state index is 11.4. The van der Waals surface area contributed by atoms with Crippen LogP contribution < -0.4 is 11.1 Å². The van der Waals surface area contributed by atoms with E-state index in [1.54, 1.807) is 6.92 Å². The summed E-state index contributed by atoms with van der Waals surface area (Å²) < 4.78 is 0. The van der Waals surface area contributed by atoms with Gasteiger partial charge in [-0.15, -0.1) is 0 Å². The van der Waals surface area contributed by atoms with Crippen molar-refractivity contribution >= 4 is 5.91 Å². The second-order valence-electron chi connectivity index (χ2n) is 5.72. The molecule has 0 aliphatic carbocycles. The molecule has 4 nitrogen and oxygen atoms in total. The highest BCUT2D eigenvalue weighted by Crippen LogP contribution is 2.20. The van der Waals surface area contributed by atoms with Gasteiger partial charge in [0.1, 0.15) is 0 Å². The summed E-state index contributed by atoms with van der Waals surface area (Å²) in [6.45, 7) is 8.55. The van der Waals surface area contributed by atoms with E-state index in [9.17, 15) is 4.79 Å². The van der Waals surface area contributed by atoms with Gasteiger partial charge in [0.15, 0.2) is 0 Å². The van der Waals surface area contributed by atoms with E-state index in [1.165, 1.54) is 0 Å². The summed E-state index contributed by atoms with van der Waals surface area (Å²) >= 11 is 0. The normalized spacial score (nSPS) is 15.6. The Labute approximate surface area is 98.6 Å². The minimum Gasteiger partial charge on any atom is -0.393 e. The SMILES string of the molecule is CC(O)CCNC(=O)CC(N)CC(C)(C)C. The summed E-state index contributed by atoms with van der Waals surface area (Å²) in [6, 6.07) is -0.0912. The van der Waals surface area contributed by atoms with E-state index >= 15 is 0 Å². The van der Waals surface area contributed by atoms with Gasteiger partial charge >= 0.3 is 0 Å². The molecular weight excluding hydrogens is 204 g/mol. The van der Waals surface area contributed by atoms with E-state index < -0.39 is 0 Å². The fourth-order valence-corrected chi connectivity index (χ4v) is 1.59. The number of hydrogen-bond donors (Lipinski definition) is 3. The van der Waals surface area contributed by atoms with Crippen LogP contribution in [0.2, 0.25) is 0 Å². The quantitative estimate of drug-likeness (QED) is 0.638. The number of rotatable bonds is 6. The van der Waals surface area contributed by atoms with Gasteiger partial charge in [-0.1, -0.05) is 20.8 Å². The molecule has 0 heterocycles. The third-order valence-electron chi connectivity index (χ3n) is 2.21. The molecule has 0 saturated heterocycles. The number of carbonyl (C=O) groups is 1. The van der Waals surface area contributed by atoms with Crippen LogP contribution in [-0.2, 0) is 4.79 Å². The molecule has 2 atom stereocenters. The van der Waals surface area contributed by atoms with Gasteiger partial charge in [-0.25, -0.2) is 0 Å². The summed E-state index contributed by atoms with van der Waals surface area (Å²) in [4.78, 5) is 11.4. The maximum atomic E-state index is 11.4. The van der Waals surface area contributed by atoms with Gasteiger partial charge in [0.05, 0.1) is 6.10 Å². The summed E-state index contributed by atoms with van der Waals surface area (Å²) in [5, 5.41) is 11.8. The Morgan fingerprint density at radius 2 is 2.00 bits per heavy atom. The lowest BCUT2D eigenvalue weighted by Gasteiger charge is -2.22. The van der Waals surface area contributed by atoms with Gasteiger partial charge in [0.25, 0.3) is 0 Å². The molecule has 1 amide bonds. The molecular formula is C12H26N2O2. The first-order valence-electron chi connectivity index (χ1n) is 5.91. The van der Waals surface area contributed by atoms with Gasteiger partial charge in [0.2, 0.25) is 5.91 Å². The fraction of sp³-hybridized carbons (Fsp3) is 0.917. The number of nitrogens with two attached hydrogens (primary N) is 1. The average Bonchev–Trinajstić information content (AvgIpc) is 1.98. The second kappa shape index (κ2) is 6.86. The van der Waals surface area contributed by atoms with Gasteiger partial charge in [-0.05, 0) is 25.2 Å². The Hall–Kier alpha value is -0.610. The van der Waals surface area contributed by atoms with Gasteiger partial charge < -0.3 is 16.2 Å². The Kier molecular flexibility index (Phi) is 6.60. The Bertz CT molecular complexity index is 210. The first-order valence-corrected chi connectivity index (χ1v) is 5.91. The lowest BCUT2D eigenvalue weighted by Crippen LogP contribution is -2.35. The largest absolute Gasteiger partial charge is 0.393 e. The van der Waals surface area contributed by atoms with Crippen LogP contribution in [0.15, 0.2) is 0 Å². The molecule has 0 spiro atoms. The molecule has 16 heavy (non-hydrogen) atoms. The number of amides is 1. The van der Waals surface area contributed by atoms with Crippen LogP contribution in [-0.4, -0.2) is 29.7 Å². The van der Waals surface area contributed by atoms with Crippen LogP contribution >= 0.6 is 0 Å². The fourth-order valence-electron chi connectivity index (χ4n) is 1.59. The molecule has 0 fully saturated rings. The molecule has 0 rings (SSSR count). The molecule has 0 bridgehead atoms. The first-order chi connectivity index (χ1) is 7.20. The summed E-state index contributed by atoms with van der Waals surface area (Å²) in [6.07, 6.45) is 1.40. The topological polar surface area (TPSA) is 75.3 Å². The van der Waals surface area contributed by atoms with E-state index in [4.69, 9.17) is 10.8 Å². The molecule has 0 aliphatic heterocycles. The Morgan fingerprint density at radius 1 is 1.44 bits per heavy atom. The van der Waals surface area contributed by atoms with Crippen LogP contribution in [0.3, 0.4) is 0 Å². The van der Waals surface area contributed by atoms with E-state index in [2.05, 4.69) is 26.1 Å². The summed E-state index contributed by atoms with van der Waals surface area (Å²) in [5.74, 6) is -0.0302. The maximum Gasteiger partial charge on any atom is 0.221 e. The zero-order valence-corrected chi connectivity index (χ0v) is 10.9. The predicted octanol–water partition coefficient (Wildman–Crippen LogP) is 1.03. The van der Waals surface area contributed by atoms with Crippen molar-refractivity contribution in [1.82, 2.24) is 5.32 Å². The Morgan fingerprint density at radius 3 is 2.44 bits per heavy atom. The molecule has 96 valence electrons. The molecule has 0 radical (unpaired) electrons. The standard InChI is InChI=1S/C12H26N2O2/c1-9(15)5-6-14-11(16)7-10(13)8-12(2,3)4/h9-10,15H,5-8,13H2,1-4H3,(H,14,16). The highest BCUT2D eigenvalue weighted by Gasteiger charge is 2.17. The van der Waals surface area contributed by atoms with Crippen molar-refractivity contribution in [3.8, 4) is 0 Å². The van der Waals surface area contributed by atoms with Crippen LogP contribution in [0.5, 0.6) is 0 Å². The van der Waals surface area contributed by atoms with Crippen molar-refractivity contribution in [3.63, 3.8) is 0 Å². The minimum atomic E-state index is -0.372. The molecule has 0 saturated carbocycles. The molecule has 0 aromatic heterocycles. The van der Waals surface area contributed by atoms with Crippen molar-refractivity contribution in [2.45, 2.75) is 59.1 Å². The van der Waals surface area contributed by atoms with Crippen LogP contribution in [0, 0.1) is 5.41 Å². The average molecular weight is 230 g/mol. The van der Waals surface area contributed by atoms with Crippen molar-refractivity contribution in [2.24, 2.45) is 11.1 Å². The molecule has 0 aromatic rings. The molecule has 2 unspecified atom stereocenters. The molecule has 4 N–H and O–H groups in total. The summed E-state index contributed by atoms with van der Waals surface area (Å²) in [7, 11) is 0. The predicted molar refractivity (Wildman–Crippen MR) is 66.0 cm³/mol. The van der Waals surface area contributed by atoms with Crippen LogP contribution in [0.4, 0.5) is 0 Å². The number of hydrogen-bond acceptors (Lipinski definition) is 3. The van der Waals surface area contributed by atoms with E-state index in [-0.39, 0.29) is 23.5 Å². The second-order valence-corrected chi connectivity index (χ2v) is 5.72. The van der Waals surface area contributed by atoms with Crippen molar-refractivity contribution < 1.29 is 9.90 Å².